The van der Waals surface area contributed by atoms with Crippen LogP contribution in [0.5, 0.6) is 0 Å². The Bertz CT molecular complexity index is 111. The Hall–Kier alpha value is -0.0400. The second-order valence-corrected chi connectivity index (χ2v) is 5.02. The molecule has 1 aliphatic heterocycles. The molecule has 1 aliphatic carbocycles. The van der Waals surface area contributed by atoms with Gasteiger partial charge in [0.25, 0.3) is 0 Å². The second-order valence-electron chi connectivity index (χ2n) is 5.02. The third-order valence-corrected chi connectivity index (χ3v) is 3.58. The summed E-state index contributed by atoms with van der Waals surface area (Å²) < 4.78 is 0. The normalized spacial score (nSPS) is 22.5. The van der Waals surface area contributed by atoms with Gasteiger partial charge >= 0.3 is 0 Å². The van der Waals surface area contributed by atoms with Crippen molar-refractivity contribution in [2.24, 2.45) is 5.41 Å². The average Bonchev–Trinajstić information content (AvgIpc) is 2.35. The molecule has 0 radical (unpaired) electrons. The van der Waals surface area contributed by atoms with Gasteiger partial charge in [-0.1, -0.05) is 53.4 Å². The molecule has 2 aliphatic rings. The lowest BCUT2D eigenvalue weighted by molar-refractivity contribution is 0.134. The number of rotatable bonds is 0. The summed E-state index contributed by atoms with van der Waals surface area (Å²) in [6.45, 7) is 10.8. The Morgan fingerprint density at radius 3 is 1.69 bits per heavy atom. The predicted octanol–water partition coefficient (Wildman–Crippen LogP) is 4.76. The van der Waals surface area contributed by atoms with Crippen molar-refractivity contribution in [3.8, 4) is 0 Å². The van der Waals surface area contributed by atoms with E-state index in [2.05, 4.69) is 19.2 Å². The van der Waals surface area contributed by atoms with E-state index in [4.69, 9.17) is 0 Å². The quantitative estimate of drug-likeness (QED) is 0.629. The van der Waals surface area contributed by atoms with Crippen LogP contribution in [0.25, 0.3) is 0 Å². The highest BCUT2D eigenvalue weighted by atomic mass is 14.9. The van der Waals surface area contributed by atoms with Gasteiger partial charge in [-0.2, -0.15) is 0 Å². The molecule has 2 rings (SSSR count). The number of hydrogen-bond donors (Lipinski definition) is 1. The van der Waals surface area contributed by atoms with Crippen molar-refractivity contribution < 1.29 is 0 Å². The summed E-state index contributed by atoms with van der Waals surface area (Å²) in [6, 6.07) is 0. The molecule has 0 aromatic carbocycles. The van der Waals surface area contributed by atoms with Gasteiger partial charge in [-0.05, 0) is 44.2 Å². The molecule has 0 aromatic rings. The van der Waals surface area contributed by atoms with Crippen LogP contribution < -0.4 is 5.32 Å². The Labute approximate surface area is 103 Å². The monoisotopic (exact) mass is 227 g/mol. The van der Waals surface area contributed by atoms with Gasteiger partial charge in [-0.15, -0.1) is 0 Å². The van der Waals surface area contributed by atoms with Crippen LogP contribution in [0.4, 0.5) is 0 Å². The molecule has 1 saturated heterocycles. The second kappa shape index (κ2) is 10.1. The fourth-order valence-corrected chi connectivity index (χ4v) is 2.76. The number of piperidine rings is 1. The van der Waals surface area contributed by atoms with Gasteiger partial charge in [-0.3, -0.25) is 0 Å². The van der Waals surface area contributed by atoms with Crippen molar-refractivity contribution in [3.63, 3.8) is 0 Å². The minimum atomic E-state index is 0.795. The van der Waals surface area contributed by atoms with E-state index in [-0.39, 0.29) is 0 Å². The molecule has 0 atom stereocenters. The summed E-state index contributed by atoms with van der Waals surface area (Å²) in [7, 11) is 0. The van der Waals surface area contributed by atoms with Crippen LogP contribution in [0.2, 0.25) is 0 Å². The molecule has 98 valence electrons. The van der Waals surface area contributed by atoms with E-state index in [1.807, 2.05) is 13.8 Å². The molecule has 0 bridgehead atoms. The molecule has 2 fully saturated rings. The van der Waals surface area contributed by atoms with Crippen LogP contribution in [0.3, 0.4) is 0 Å². The Morgan fingerprint density at radius 1 is 0.812 bits per heavy atom. The van der Waals surface area contributed by atoms with Crippen molar-refractivity contribution in [3.05, 3.63) is 0 Å². The van der Waals surface area contributed by atoms with Gasteiger partial charge in [0.1, 0.15) is 0 Å². The zero-order valence-corrected chi connectivity index (χ0v) is 12.1. The smallest absolute Gasteiger partial charge is 0.00436 e. The van der Waals surface area contributed by atoms with E-state index in [9.17, 15) is 0 Å². The molecule has 0 aromatic heterocycles. The van der Waals surface area contributed by atoms with Crippen LogP contribution >= 0.6 is 0 Å². The summed E-state index contributed by atoms with van der Waals surface area (Å²) in [5.41, 5.74) is 0.795. The van der Waals surface area contributed by atoms with Crippen LogP contribution in [0.1, 0.15) is 79.1 Å². The molecule has 1 heterocycles. The van der Waals surface area contributed by atoms with Gasteiger partial charge in [0, 0.05) is 0 Å². The Kier molecular flexibility index (Phi) is 10.1. The highest BCUT2D eigenvalue weighted by molar-refractivity contribution is 4.86. The van der Waals surface area contributed by atoms with E-state index in [1.165, 1.54) is 64.5 Å². The Morgan fingerprint density at radius 2 is 1.25 bits per heavy atom. The highest BCUT2D eigenvalue weighted by Gasteiger charge is 2.32. The number of nitrogens with one attached hydrogen (secondary N) is 1. The van der Waals surface area contributed by atoms with E-state index >= 15 is 0 Å². The third kappa shape index (κ3) is 5.89. The topological polar surface area (TPSA) is 12.0 Å². The van der Waals surface area contributed by atoms with E-state index < -0.39 is 0 Å². The summed E-state index contributed by atoms with van der Waals surface area (Å²) in [4.78, 5) is 0. The standard InChI is InChI=1S/C10H19N.C3H8.C2H6/c1-2-4-10(5-3-1)6-8-11-9-7-10;1-3-2;1-2/h11H,1-9H2;3H2,1-2H3;1-2H3. The summed E-state index contributed by atoms with van der Waals surface area (Å²) in [5.74, 6) is 0. The minimum Gasteiger partial charge on any atom is -0.317 e. The maximum Gasteiger partial charge on any atom is -0.00436 e. The first-order valence-electron chi connectivity index (χ1n) is 7.54. The van der Waals surface area contributed by atoms with Crippen molar-refractivity contribution >= 4 is 0 Å². The highest BCUT2D eigenvalue weighted by Crippen LogP contribution is 2.42. The van der Waals surface area contributed by atoms with Gasteiger partial charge in [-0.25, -0.2) is 0 Å². The van der Waals surface area contributed by atoms with Gasteiger partial charge in [0.15, 0.2) is 0 Å². The average molecular weight is 227 g/mol. The first kappa shape index (κ1) is 16.0. The zero-order chi connectivity index (χ0) is 12.3. The third-order valence-electron chi connectivity index (χ3n) is 3.58. The molecular weight excluding hydrogens is 194 g/mol. The summed E-state index contributed by atoms with van der Waals surface area (Å²) >= 11 is 0. The molecule has 1 heteroatoms. The van der Waals surface area contributed by atoms with Crippen LogP contribution in [0, 0.1) is 5.41 Å². The molecule has 1 spiro atoms. The Balaban J connectivity index is 0.000000394. The van der Waals surface area contributed by atoms with Crippen LogP contribution in [-0.2, 0) is 0 Å². The molecule has 1 N–H and O–H groups in total. The lowest BCUT2D eigenvalue weighted by atomic mass is 9.68. The minimum absolute atomic E-state index is 0.795. The molecule has 0 amide bonds. The zero-order valence-electron chi connectivity index (χ0n) is 12.1. The molecular formula is C15H33N. The number of hydrogen-bond acceptors (Lipinski definition) is 1. The maximum atomic E-state index is 3.46. The maximum absolute atomic E-state index is 3.46. The van der Waals surface area contributed by atoms with Gasteiger partial charge in [0.05, 0.1) is 0 Å². The van der Waals surface area contributed by atoms with Crippen molar-refractivity contribution in [2.75, 3.05) is 13.1 Å². The van der Waals surface area contributed by atoms with Gasteiger partial charge in [0.2, 0.25) is 0 Å². The summed E-state index contributed by atoms with van der Waals surface area (Å²) in [5, 5.41) is 3.46. The fourth-order valence-electron chi connectivity index (χ4n) is 2.76. The molecule has 16 heavy (non-hydrogen) atoms. The lowest BCUT2D eigenvalue weighted by Crippen LogP contribution is -2.37. The van der Waals surface area contributed by atoms with E-state index in [0.29, 0.717) is 0 Å². The van der Waals surface area contributed by atoms with E-state index in [1.54, 1.807) is 0 Å². The van der Waals surface area contributed by atoms with E-state index in [0.717, 1.165) is 5.41 Å². The first-order valence-corrected chi connectivity index (χ1v) is 7.54. The molecule has 0 unspecified atom stereocenters. The SMILES string of the molecule is C1CCC2(CC1)CCNCC2.CC.CCC. The van der Waals surface area contributed by atoms with Crippen molar-refractivity contribution in [1.82, 2.24) is 5.32 Å². The summed E-state index contributed by atoms with van der Waals surface area (Å²) in [6.07, 6.45) is 11.7. The lowest BCUT2D eigenvalue weighted by Gasteiger charge is -2.40. The van der Waals surface area contributed by atoms with Crippen LogP contribution in [-0.4, -0.2) is 13.1 Å². The largest absolute Gasteiger partial charge is 0.317 e. The van der Waals surface area contributed by atoms with Crippen LogP contribution in [0.15, 0.2) is 0 Å². The fraction of sp³-hybridized carbons (Fsp3) is 1.00. The van der Waals surface area contributed by atoms with Gasteiger partial charge < -0.3 is 5.32 Å². The van der Waals surface area contributed by atoms with Crippen molar-refractivity contribution in [1.29, 1.82) is 0 Å². The molecule has 1 saturated carbocycles. The predicted molar refractivity (Wildman–Crippen MR) is 74.9 cm³/mol. The molecule has 1 nitrogen and oxygen atoms in total. The first-order chi connectivity index (χ1) is 7.83. The van der Waals surface area contributed by atoms with Crippen molar-refractivity contribution in [2.45, 2.75) is 79.1 Å².